The van der Waals surface area contributed by atoms with Crippen LogP contribution < -0.4 is 4.74 Å². The Bertz CT molecular complexity index is 1470. The van der Waals surface area contributed by atoms with E-state index in [1.54, 1.807) is 55.5 Å². The lowest BCUT2D eigenvalue weighted by molar-refractivity contribution is -0.137. The molecule has 0 saturated carbocycles. The average Bonchev–Trinajstić information content (AvgIpc) is 3.02. The molecule has 0 bridgehead atoms. The number of carbonyl (C=O) groups is 1. The van der Waals surface area contributed by atoms with Crippen LogP contribution in [0.5, 0.6) is 5.75 Å². The van der Waals surface area contributed by atoms with Crippen LogP contribution in [0, 0.1) is 0 Å². The second-order valence-electron chi connectivity index (χ2n) is 9.50. The number of esters is 1. The summed E-state index contributed by atoms with van der Waals surface area (Å²) < 4.78 is 54.7. The fourth-order valence-electron chi connectivity index (χ4n) is 3.96. The van der Waals surface area contributed by atoms with E-state index >= 15 is 0 Å². The summed E-state index contributed by atoms with van der Waals surface area (Å²) in [6.07, 6.45) is -1.36. The summed E-state index contributed by atoms with van der Waals surface area (Å²) in [6.45, 7) is 4.19. The Labute approximate surface area is 254 Å². The third-order valence-electron chi connectivity index (χ3n) is 6.25. The third-order valence-corrected chi connectivity index (χ3v) is 6.25. The summed E-state index contributed by atoms with van der Waals surface area (Å²) in [5, 5.41) is 8.54. The molecule has 8 nitrogen and oxygen atoms in total. The number of hydrogen-bond donors (Lipinski definition) is 0. The van der Waals surface area contributed by atoms with E-state index in [-0.39, 0.29) is 18.8 Å². The lowest BCUT2D eigenvalue weighted by Gasteiger charge is -2.12. The number of nitrogens with zero attached hydrogens (tertiary/aromatic N) is 2. The number of carbonyl (C=O) groups excluding carboxylic acids is 1. The Morgan fingerprint density at radius 3 is 2.34 bits per heavy atom. The Balaban J connectivity index is 1.76. The minimum Gasteiger partial charge on any atom is -0.503 e. The number of rotatable bonds is 15. The summed E-state index contributed by atoms with van der Waals surface area (Å²) in [6, 6.07) is 19.0. The van der Waals surface area contributed by atoms with Gasteiger partial charge in [-0.15, -0.1) is 0 Å². The molecule has 0 heterocycles. The Kier molecular flexibility index (Phi) is 12.8. The molecule has 3 aromatic carbocycles. The SMILES string of the molecule is CCCCO/N=C(\C(C)=N\OCc1ccccc1/C(=C\OC)C(=O)OC)c1ccc(OCc2cccc(C(F)(F)F)c2)cc1. The molecule has 0 aliphatic rings. The van der Waals surface area contributed by atoms with E-state index in [1.807, 2.05) is 13.0 Å². The van der Waals surface area contributed by atoms with Gasteiger partial charge in [0.05, 0.1) is 26.0 Å². The second kappa shape index (κ2) is 16.7. The molecule has 44 heavy (non-hydrogen) atoms. The van der Waals surface area contributed by atoms with Gasteiger partial charge in [-0.25, -0.2) is 4.79 Å². The molecule has 0 fully saturated rings. The molecule has 234 valence electrons. The van der Waals surface area contributed by atoms with Gasteiger partial charge in [-0.3, -0.25) is 0 Å². The van der Waals surface area contributed by atoms with Crippen molar-refractivity contribution in [3.05, 3.63) is 107 Å². The summed E-state index contributed by atoms with van der Waals surface area (Å²) in [5.41, 5.74) is 2.67. The lowest BCUT2D eigenvalue weighted by Crippen LogP contribution is -2.14. The van der Waals surface area contributed by atoms with E-state index in [0.717, 1.165) is 25.0 Å². The van der Waals surface area contributed by atoms with Crippen LogP contribution in [0.25, 0.3) is 5.57 Å². The van der Waals surface area contributed by atoms with Crippen molar-refractivity contribution < 1.29 is 41.9 Å². The second-order valence-corrected chi connectivity index (χ2v) is 9.50. The predicted molar refractivity (Wildman–Crippen MR) is 161 cm³/mol. The van der Waals surface area contributed by atoms with Crippen molar-refractivity contribution in [1.29, 1.82) is 0 Å². The molecule has 3 rings (SSSR count). The van der Waals surface area contributed by atoms with Gasteiger partial charge in [0, 0.05) is 11.1 Å². The molecular weight excluding hydrogens is 577 g/mol. The van der Waals surface area contributed by atoms with Gasteiger partial charge in [-0.2, -0.15) is 13.2 Å². The van der Waals surface area contributed by atoms with Crippen molar-refractivity contribution in [2.24, 2.45) is 10.3 Å². The molecule has 0 amide bonds. The van der Waals surface area contributed by atoms with E-state index in [1.165, 1.54) is 26.5 Å². The molecule has 0 saturated heterocycles. The molecule has 0 spiro atoms. The van der Waals surface area contributed by atoms with Crippen LogP contribution in [0.3, 0.4) is 0 Å². The minimum absolute atomic E-state index is 0.0304. The van der Waals surface area contributed by atoms with Crippen LogP contribution >= 0.6 is 0 Å². The molecule has 0 unspecified atom stereocenters. The highest BCUT2D eigenvalue weighted by Crippen LogP contribution is 2.30. The number of oxime groups is 2. The fraction of sp³-hybridized carbons (Fsp3) is 0.303. The van der Waals surface area contributed by atoms with Crippen LogP contribution in [0.4, 0.5) is 13.2 Å². The highest BCUT2D eigenvalue weighted by atomic mass is 19.4. The first-order valence-electron chi connectivity index (χ1n) is 13.8. The van der Waals surface area contributed by atoms with Gasteiger partial charge in [0.1, 0.15) is 42.6 Å². The topological polar surface area (TPSA) is 87.9 Å². The summed E-state index contributed by atoms with van der Waals surface area (Å²) >= 11 is 0. The molecule has 0 aromatic heterocycles. The molecule has 0 atom stereocenters. The average molecular weight is 613 g/mol. The highest BCUT2D eigenvalue weighted by Gasteiger charge is 2.30. The number of alkyl halides is 3. The van der Waals surface area contributed by atoms with Crippen LogP contribution in [0.2, 0.25) is 0 Å². The number of halogens is 3. The highest BCUT2D eigenvalue weighted by molar-refractivity contribution is 6.47. The summed E-state index contributed by atoms with van der Waals surface area (Å²) in [4.78, 5) is 23.5. The van der Waals surface area contributed by atoms with E-state index in [9.17, 15) is 18.0 Å². The fourth-order valence-corrected chi connectivity index (χ4v) is 3.96. The smallest absolute Gasteiger partial charge is 0.416 e. The maximum atomic E-state index is 13.0. The minimum atomic E-state index is -4.42. The maximum Gasteiger partial charge on any atom is 0.416 e. The van der Waals surface area contributed by atoms with E-state index in [2.05, 4.69) is 10.3 Å². The first kappa shape index (κ1) is 33.7. The van der Waals surface area contributed by atoms with Crippen LogP contribution in [0.1, 0.15) is 54.5 Å². The van der Waals surface area contributed by atoms with Gasteiger partial charge in [0.15, 0.2) is 0 Å². The zero-order valence-electron chi connectivity index (χ0n) is 25.0. The van der Waals surface area contributed by atoms with Crippen molar-refractivity contribution >= 4 is 23.0 Å². The molecule has 0 radical (unpaired) electrons. The van der Waals surface area contributed by atoms with Crippen LogP contribution in [0.15, 0.2) is 89.4 Å². The van der Waals surface area contributed by atoms with Gasteiger partial charge in [-0.05, 0) is 60.9 Å². The molecule has 0 aliphatic heterocycles. The van der Waals surface area contributed by atoms with E-state index in [0.29, 0.717) is 46.0 Å². The number of benzene rings is 3. The third kappa shape index (κ3) is 9.89. The van der Waals surface area contributed by atoms with Gasteiger partial charge < -0.3 is 23.9 Å². The standard InChI is InChI=1S/C33H35F3N2O6/c1-5-6-18-43-38-31(23(2)37-44-21-26-11-7-8-13-29(26)30(22-40-3)32(39)41-4)25-14-16-28(17-15-25)42-20-24-10-9-12-27(19-24)33(34,35)36/h7-17,19,22H,5-6,18,20-21H2,1-4H3/b30-22+,37-23+,38-31+. The number of methoxy groups -OCH3 is 2. The normalized spacial score (nSPS) is 12.5. The number of hydrogen-bond acceptors (Lipinski definition) is 8. The zero-order valence-corrected chi connectivity index (χ0v) is 25.0. The van der Waals surface area contributed by atoms with E-state index < -0.39 is 17.7 Å². The molecule has 11 heteroatoms. The van der Waals surface area contributed by atoms with Gasteiger partial charge in [0.25, 0.3) is 0 Å². The number of unbranched alkanes of at least 4 members (excludes halogenated alkanes) is 1. The molecule has 3 aromatic rings. The van der Waals surface area contributed by atoms with Crippen LogP contribution in [-0.2, 0) is 43.3 Å². The van der Waals surface area contributed by atoms with Crippen LogP contribution in [-0.4, -0.2) is 38.2 Å². The van der Waals surface area contributed by atoms with Crippen molar-refractivity contribution in [3.63, 3.8) is 0 Å². The number of ether oxygens (including phenoxy) is 3. The van der Waals surface area contributed by atoms with Crippen molar-refractivity contribution in [2.75, 3.05) is 20.8 Å². The van der Waals surface area contributed by atoms with E-state index in [4.69, 9.17) is 23.9 Å². The van der Waals surface area contributed by atoms with Gasteiger partial charge >= 0.3 is 12.1 Å². The molecule has 0 N–H and O–H groups in total. The first-order chi connectivity index (χ1) is 21.2. The lowest BCUT2D eigenvalue weighted by atomic mass is 10.0. The van der Waals surface area contributed by atoms with Crippen molar-refractivity contribution in [2.45, 2.75) is 46.1 Å². The Hall–Kier alpha value is -4.80. The molecular formula is C33H35F3N2O6. The largest absolute Gasteiger partial charge is 0.503 e. The monoisotopic (exact) mass is 612 g/mol. The Morgan fingerprint density at radius 1 is 0.909 bits per heavy atom. The summed E-state index contributed by atoms with van der Waals surface area (Å²) in [5.74, 6) is -0.0923. The van der Waals surface area contributed by atoms with Gasteiger partial charge in [0.2, 0.25) is 0 Å². The Morgan fingerprint density at radius 2 is 1.66 bits per heavy atom. The molecule has 0 aliphatic carbocycles. The summed E-state index contributed by atoms with van der Waals surface area (Å²) in [7, 11) is 2.73. The van der Waals surface area contributed by atoms with Gasteiger partial charge in [-0.1, -0.05) is 60.1 Å². The van der Waals surface area contributed by atoms with Crippen molar-refractivity contribution in [1.82, 2.24) is 0 Å². The quantitative estimate of drug-likeness (QED) is 0.0440. The first-order valence-corrected chi connectivity index (χ1v) is 13.8. The van der Waals surface area contributed by atoms with Crippen molar-refractivity contribution in [3.8, 4) is 5.75 Å². The maximum absolute atomic E-state index is 13.0. The predicted octanol–water partition coefficient (Wildman–Crippen LogP) is 7.56. The zero-order chi connectivity index (χ0) is 32.0.